The zero-order valence-electron chi connectivity index (χ0n) is 89.4. The SMILES string of the molecule is CC(C)c1ccc(N2CCC(C)(N3CCOCC3)CC2)cn1.CC(C)c1ccc(N2CCC(C)(O)CC2)cn1.CC(C)c1ccc(N2CCC(C)(O)CC2)cn1.CC(C)c1ccc(N2CCC(O)CC2)cn1.CC(C)c1ccc(N2CCC(O)CC2)nc1.CC(C)c1ncc(N2CCC(O)CC2)cc1F.COc1cc(C(C)C)ncc1N1CCC(O)CC1.COc1cc(N2CCC(O)CC2)cnc1C(C)C. The van der Waals surface area contributed by atoms with Crippen LogP contribution in [0.2, 0.25) is 0 Å². The van der Waals surface area contributed by atoms with Crippen molar-refractivity contribution in [2.75, 3.05) is 184 Å². The van der Waals surface area contributed by atoms with E-state index in [9.17, 15) is 40.1 Å². The lowest BCUT2D eigenvalue weighted by atomic mass is 9.87. The molecule has 28 heteroatoms. The Kier molecular flexibility index (Phi) is 44.5. The normalized spacial score (nSPS) is 19.0. The molecule has 0 aliphatic carbocycles. The molecule has 0 atom stereocenters. The van der Waals surface area contributed by atoms with E-state index < -0.39 is 11.2 Å². The van der Waals surface area contributed by atoms with Crippen molar-refractivity contribution in [3.63, 3.8) is 0 Å². The van der Waals surface area contributed by atoms with Crippen LogP contribution in [0.3, 0.4) is 0 Å². The Morgan fingerprint density at radius 2 is 0.617 bits per heavy atom. The van der Waals surface area contributed by atoms with Gasteiger partial charge in [0.05, 0.1) is 164 Å². The van der Waals surface area contributed by atoms with Crippen molar-refractivity contribution in [3.8, 4) is 11.5 Å². The van der Waals surface area contributed by atoms with Crippen LogP contribution < -0.4 is 48.7 Å². The Labute approximate surface area is 844 Å². The van der Waals surface area contributed by atoms with Crippen LogP contribution in [0.5, 0.6) is 11.5 Å². The van der Waals surface area contributed by atoms with Gasteiger partial charge in [0.25, 0.3) is 0 Å². The van der Waals surface area contributed by atoms with Crippen molar-refractivity contribution in [2.24, 2.45) is 0 Å². The molecule has 0 radical (unpaired) electrons. The molecule has 17 rings (SSSR count). The average molecular weight is 1950 g/mol. The highest BCUT2D eigenvalue weighted by molar-refractivity contribution is 5.59. The second kappa shape index (κ2) is 55.2. The van der Waals surface area contributed by atoms with Gasteiger partial charge in [-0.2, -0.15) is 0 Å². The summed E-state index contributed by atoms with van der Waals surface area (Å²) in [6.45, 7) is 58.8. The van der Waals surface area contributed by atoms with E-state index >= 15 is 0 Å². The number of piperidine rings is 8. The van der Waals surface area contributed by atoms with Crippen molar-refractivity contribution in [2.45, 2.75) is 329 Å². The maximum Gasteiger partial charge on any atom is 0.147 e. The molecule has 17 heterocycles. The smallest absolute Gasteiger partial charge is 0.147 e. The predicted molar refractivity (Wildman–Crippen MR) is 573 cm³/mol. The molecule has 0 unspecified atom stereocenters. The van der Waals surface area contributed by atoms with E-state index in [0.717, 1.165) is 284 Å². The quantitative estimate of drug-likeness (QED) is 0.0396. The number of nitrogens with zero attached hydrogens (tertiary/aromatic N) is 17. The second-order valence-electron chi connectivity index (χ2n) is 43.2. The Hall–Kier alpha value is -9.23. The molecule has 0 bridgehead atoms. The third kappa shape index (κ3) is 35.3. The third-order valence-electron chi connectivity index (χ3n) is 29.1. The van der Waals surface area contributed by atoms with Crippen molar-refractivity contribution < 1.29 is 54.3 Å². The van der Waals surface area contributed by atoms with Gasteiger partial charge in [0.1, 0.15) is 23.1 Å². The minimum Gasteiger partial charge on any atom is -0.495 e. The van der Waals surface area contributed by atoms with Gasteiger partial charge < -0.3 is 89.2 Å². The summed E-state index contributed by atoms with van der Waals surface area (Å²) in [5.41, 5.74) is 15.5. The second-order valence-corrected chi connectivity index (χ2v) is 43.2. The lowest BCUT2D eigenvalue weighted by Crippen LogP contribution is -2.56. The van der Waals surface area contributed by atoms with Crippen LogP contribution in [0, 0.1) is 5.82 Å². The summed E-state index contributed by atoms with van der Waals surface area (Å²) >= 11 is 0. The summed E-state index contributed by atoms with van der Waals surface area (Å²) in [5.74, 6) is 5.87. The number of hydrogen-bond acceptors (Lipinski definition) is 27. The van der Waals surface area contributed by atoms with Gasteiger partial charge >= 0.3 is 0 Å². The van der Waals surface area contributed by atoms with Crippen molar-refractivity contribution in [1.82, 2.24) is 44.8 Å². The molecule has 141 heavy (non-hydrogen) atoms. The number of ether oxygens (including phenoxy) is 3. The maximum absolute atomic E-state index is 13.8. The van der Waals surface area contributed by atoms with E-state index in [2.05, 4.69) is 255 Å². The molecule has 7 N–H and O–H groups in total. The summed E-state index contributed by atoms with van der Waals surface area (Å²) in [6.07, 6.45) is 28.7. The number of halogens is 1. The van der Waals surface area contributed by atoms with Crippen LogP contribution in [0.25, 0.3) is 0 Å². The fourth-order valence-electron chi connectivity index (χ4n) is 18.8. The highest BCUT2D eigenvalue weighted by Gasteiger charge is 2.38. The minimum atomic E-state index is -0.484. The van der Waals surface area contributed by atoms with Gasteiger partial charge in [-0.15, -0.1) is 0 Å². The van der Waals surface area contributed by atoms with E-state index in [-0.39, 0.29) is 42.3 Å². The highest BCUT2D eigenvalue weighted by Crippen LogP contribution is 2.38. The molecule has 0 saturated carbocycles. The van der Waals surface area contributed by atoms with Gasteiger partial charge in [-0.3, -0.25) is 39.8 Å². The van der Waals surface area contributed by atoms with E-state index in [4.69, 9.17) is 14.2 Å². The summed E-state index contributed by atoms with van der Waals surface area (Å²) in [7, 11) is 3.38. The Morgan fingerprint density at radius 1 is 0.305 bits per heavy atom. The number of methoxy groups -OCH3 is 2. The molecule has 8 aromatic heterocycles. The summed E-state index contributed by atoms with van der Waals surface area (Å²) in [5, 5.41) is 67.2. The molecule has 9 aliphatic rings. The monoisotopic (exact) mass is 1950 g/mol. The number of anilines is 8. The lowest BCUT2D eigenvalue weighted by molar-refractivity contribution is -0.0248. The van der Waals surface area contributed by atoms with Gasteiger partial charge in [-0.25, -0.2) is 9.37 Å². The van der Waals surface area contributed by atoms with Gasteiger partial charge in [0.15, 0.2) is 0 Å². The van der Waals surface area contributed by atoms with E-state index in [1.807, 2.05) is 77.1 Å². The molecule has 0 aromatic carbocycles. The molecule has 0 spiro atoms. The standard InChI is InChI=1S/C18H29N3O.2C14H22N2O2.2C14H22N2O.C13H19FN2O.2C13H20N2O/c1-15(2)17-5-4-16(14-19-17)20-8-6-18(3,7-9-20)21-10-12-22-13-11-21;1-10(2)14-13(18-3)8-11(9-15-14)16-6-4-12(17)5-7-16;1-10(2)12-8-14(18-3)13(9-15-12)16-6-4-11(17)5-7-16;2*1-11(2)13-5-4-12(10-15-13)16-8-6-14(3,17)7-9-16;1-9(2)13-12(14)7-10(8-15-13)16-5-3-11(17)4-6-16;1-10(2)13-4-3-11(9-14-13)15-7-5-12(16)6-8-15;1-10(2)11-3-4-13(14-9-11)15-7-5-12(16)6-8-15/h4-5,14-15H,6-13H2,1-3H3;8-10,12,17H,4-7H2,1-3H3;8-11,17H,4-7H2,1-3H3;2*4-5,10-11,17H,6-9H2,1-3H3;7-9,11,17H,3-6H2,1-2H3;2*3-4,9-10,12,16H,5-8H2,1-2H3. The molecule has 27 nitrogen and oxygen atoms in total. The molecular formula is C113H176FN17O10. The van der Waals surface area contributed by atoms with E-state index in [1.54, 1.807) is 26.5 Å². The maximum atomic E-state index is 13.8. The Balaban J connectivity index is 0.000000166. The first-order valence-corrected chi connectivity index (χ1v) is 52.9. The number of aliphatic hydroxyl groups excluding tert-OH is 5. The van der Waals surface area contributed by atoms with Crippen molar-refractivity contribution >= 4 is 45.6 Å². The van der Waals surface area contributed by atoms with E-state index in [0.29, 0.717) is 52.7 Å². The fourth-order valence-corrected chi connectivity index (χ4v) is 18.8. The van der Waals surface area contributed by atoms with E-state index in [1.165, 1.54) is 46.8 Å². The molecule has 9 aliphatic heterocycles. The van der Waals surface area contributed by atoms with Crippen molar-refractivity contribution in [3.05, 3.63) is 180 Å². The largest absolute Gasteiger partial charge is 0.495 e. The van der Waals surface area contributed by atoms with Crippen molar-refractivity contribution in [1.29, 1.82) is 0 Å². The molecule has 8 aromatic rings. The van der Waals surface area contributed by atoms with Crippen LogP contribution in [0.1, 0.15) is 327 Å². The third-order valence-corrected chi connectivity index (χ3v) is 29.1. The van der Waals surface area contributed by atoms with Crippen LogP contribution in [0.4, 0.5) is 50.0 Å². The van der Waals surface area contributed by atoms with Crippen LogP contribution in [0.15, 0.2) is 128 Å². The highest BCUT2D eigenvalue weighted by atomic mass is 19.1. The number of pyridine rings is 8. The van der Waals surface area contributed by atoms with Gasteiger partial charge in [-0.05, 0) is 231 Å². The first-order chi connectivity index (χ1) is 67.2. The molecule has 780 valence electrons. The number of aromatic nitrogens is 8. The summed E-state index contributed by atoms with van der Waals surface area (Å²) in [6, 6.07) is 27.0. The van der Waals surface area contributed by atoms with Gasteiger partial charge in [0.2, 0.25) is 0 Å². The summed E-state index contributed by atoms with van der Waals surface area (Å²) in [4.78, 5) is 56.6. The zero-order valence-corrected chi connectivity index (χ0v) is 89.4. The molecular weight excluding hydrogens is 1770 g/mol. The first kappa shape index (κ1) is 114. The first-order valence-electron chi connectivity index (χ1n) is 52.9. The average Bonchev–Trinajstić information content (AvgIpc) is 0.793. The molecule has 9 fully saturated rings. The van der Waals surface area contributed by atoms with Crippen LogP contribution in [-0.2, 0) is 4.74 Å². The Bertz CT molecular complexity index is 4720. The molecule has 0 amide bonds. The topological polar surface area (TPSA) is 302 Å². The fraction of sp³-hybridized carbons (Fsp3) is 0.646. The minimum absolute atomic E-state index is 0.104. The number of morpholine rings is 1. The summed E-state index contributed by atoms with van der Waals surface area (Å²) < 4.78 is 30.2. The van der Waals surface area contributed by atoms with Gasteiger partial charge in [0, 0.05) is 176 Å². The number of rotatable bonds is 19. The predicted octanol–water partition coefficient (Wildman–Crippen LogP) is 19.0. The Morgan fingerprint density at radius 3 is 0.929 bits per heavy atom. The lowest BCUT2D eigenvalue weighted by Gasteiger charge is -2.48. The van der Waals surface area contributed by atoms with Crippen LogP contribution >= 0.6 is 0 Å². The van der Waals surface area contributed by atoms with Crippen LogP contribution in [-0.4, -0.2) is 273 Å². The molecule has 9 saturated heterocycles. The van der Waals surface area contributed by atoms with Gasteiger partial charge in [-0.1, -0.05) is 117 Å². The number of aliphatic hydroxyl groups is 7. The number of hydrogen-bond donors (Lipinski definition) is 7. The zero-order chi connectivity index (χ0) is 102.